The molecule has 0 N–H and O–H groups in total. The van der Waals surface area contributed by atoms with Crippen LogP contribution in [0.25, 0.3) is 16.8 Å². The van der Waals surface area contributed by atoms with Gasteiger partial charge in [-0.15, -0.1) is 0 Å². The number of halogens is 1. The van der Waals surface area contributed by atoms with Crippen molar-refractivity contribution in [2.24, 2.45) is 0 Å². The Hall–Kier alpha value is -1.86. The van der Waals surface area contributed by atoms with Crippen LogP contribution >= 0.6 is 15.9 Å². The van der Waals surface area contributed by atoms with E-state index in [9.17, 15) is 0 Å². The standard InChI is InChI=1S/C20H15Br/c1-13-5-4-8-18-17(11-12-19(21)20(13)18)16-10-9-14-6-2-3-7-15(14)16/h2-12,16H,1H3. The summed E-state index contributed by atoms with van der Waals surface area (Å²) >= 11 is 3.70. The summed E-state index contributed by atoms with van der Waals surface area (Å²) in [5.41, 5.74) is 5.45. The molecule has 0 fully saturated rings. The number of hydrogen-bond donors (Lipinski definition) is 0. The number of aryl methyl sites for hydroxylation is 1. The van der Waals surface area contributed by atoms with Crippen molar-refractivity contribution in [1.29, 1.82) is 0 Å². The van der Waals surface area contributed by atoms with Gasteiger partial charge in [0.2, 0.25) is 0 Å². The third-order valence-electron chi connectivity index (χ3n) is 4.37. The number of benzene rings is 3. The predicted octanol–water partition coefficient (Wildman–Crippen LogP) is 6.07. The van der Waals surface area contributed by atoms with E-state index in [0.29, 0.717) is 5.92 Å². The number of allylic oxidation sites excluding steroid dienone is 1. The average molecular weight is 335 g/mol. The Labute approximate surface area is 133 Å². The van der Waals surface area contributed by atoms with Gasteiger partial charge in [-0.2, -0.15) is 0 Å². The van der Waals surface area contributed by atoms with Crippen molar-refractivity contribution < 1.29 is 0 Å². The minimum absolute atomic E-state index is 0.360. The first-order valence-corrected chi connectivity index (χ1v) is 8.00. The highest BCUT2D eigenvalue weighted by Gasteiger charge is 2.21. The molecule has 1 aliphatic carbocycles. The zero-order valence-electron chi connectivity index (χ0n) is 11.8. The van der Waals surface area contributed by atoms with Gasteiger partial charge in [0.25, 0.3) is 0 Å². The van der Waals surface area contributed by atoms with Crippen molar-refractivity contribution in [2.45, 2.75) is 12.8 Å². The van der Waals surface area contributed by atoms with Crippen LogP contribution in [0.15, 0.2) is 65.1 Å². The van der Waals surface area contributed by atoms with Crippen molar-refractivity contribution >= 4 is 32.8 Å². The predicted molar refractivity (Wildman–Crippen MR) is 93.7 cm³/mol. The van der Waals surface area contributed by atoms with Crippen LogP contribution in [0.3, 0.4) is 0 Å². The van der Waals surface area contributed by atoms with E-state index in [2.05, 4.69) is 89.6 Å². The number of rotatable bonds is 1. The quantitative estimate of drug-likeness (QED) is 0.506. The lowest BCUT2D eigenvalue weighted by Gasteiger charge is -2.16. The molecule has 0 bridgehead atoms. The van der Waals surface area contributed by atoms with Gasteiger partial charge in [0.1, 0.15) is 0 Å². The molecule has 0 saturated carbocycles. The maximum Gasteiger partial charge on any atom is 0.0284 e. The molecular formula is C20H15Br. The summed E-state index contributed by atoms with van der Waals surface area (Å²) in [5.74, 6) is 0.360. The van der Waals surface area contributed by atoms with Gasteiger partial charge in [0.15, 0.2) is 0 Å². The molecule has 0 saturated heterocycles. The summed E-state index contributed by atoms with van der Waals surface area (Å²) in [5, 5.41) is 2.67. The molecule has 21 heavy (non-hydrogen) atoms. The van der Waals surface area contributed by atoms with Crippen LogP contribution in [-0.4, -0.2) is 0 Å². The Morgan fingerprint density at radius 3 is 2.62 bits per heavy atom. The van der Waals surface area contributed by atoms with Gasteiger partial charge >= 0.3 is 0 Å². The van der Waals surface area contributed by atoms with Gasteiger partial charge in [-0.1, -0.05) is 76.6 Å². The van der Waals surface area contributed by atoms with E-state index in [1.165, 1.54) is 37.5 Å². The van der Waals surface area contributed by atoms with Crippen LogP contribution in [0.5, 0.6) is 0 Å². The van der Waals surface area contributed by atoms with Gasteiger partial charge in [0.05, 0.1) is 0 Å². The second kappa shape index (κ2) is 4.85. The fourth-order valence-corrected chi connectivity index (χ4v) is 4.01. The molecular weight excluding hydrogens is 320 g/mol. The first-order valence-electron chi connectivity index (χ1n) is 7.20. The Kier molecular flexibility index (Phi) is 2.97. The fourth-order valence-electron chi connectivity index (χ4n) is 3.35. The van der Waals surface area contributed by atoms with Gasteiger partial charge in [-0.3, -0.25) is 0 Å². The Morgan fingerprint density at radius 2 is 1.71 bits per heavy atom. The van der Waals surface area contributed by atoms with Gasteiger partial charge in [0, 0.05) is 10.4 Å². The average Bonchev–Trinajstić information content (AvgIpc) is 2.92. The van der Waals surface area contributed by atoms with Crippen molar-refractivity contribution in [1.82, 2.24) is 0 Å². The molecule has 3 aromatic carbocycles. The van der Waals surface area contributed by atoms with Crippen LogP contribution < -0.4 is 0 Å². The van der Waals surface area contributed by atoms with E-state index < -0.39 is 0 Å². The summed E-state index contributed by atoms with van der Waals surface area (Å²) in [7, 11) is 0. The maximum absolute atomic E-state index is 3.70. The van der Waals surface area contributed by atoms with Crippen LogP contribution in [0.4, 0.5) is 0 Å². The first-order chi connectivity index (χ1) is 10.3. The second-order valence-corrected chi connectivity index (χ2v) is 6.45. The lowest BCUT2D eigenvalue weighted by molar-refractivity contribution is 1.06. The van der Waals surface area contributed by atoms with Crippen LogP contribution in [0.1, 0.15) is 28.2 Å². The van der Waals surface area contributed by atoms with E-state index in [4.69, 9.17) is 0 Å². The first kappa shape index (κ1) is 12.8. The third-order valence-corrected chi connectivity index (χ3v) is 5.03. The van der Waals surface area contributed by atoms with Gasteiger partial charge in [-0.25, -0.2) is 0 Å². The molecule has 0 aromatic heterocycles. The highest BCUT2D eigenvalue weighted by Crippen LogP contribution is 2.40. The normalized spacial score (nSPS) is 16.4. The van der Waals surface area contributed by atoms with Crippen molar-refractivity contribution in [3.63, 3.8) is 0 Å². The fraction of sp³-hybridized carbons (Fsp3) is 0.100. The summed E-state index contributed by atoms with van der Waals surface area (Å²) in [6, 6.07) is 19.7. The molecule has 1 heteroatoms. The van der Waals surface area contributed by atoms with E-state index in [1.807, 2.05) is 0 Å². The SMILES string of the molecule is Cc1cccc2c(C3C=Cc4ccccc43)ccc(Br)c12. The van der Waals surface area contributed by atoms with E-state index in [0.717, 1.165) is 0 Å². The Balaban J connectivity index is 2.00. The molecule has 0 amide bonds. The number of fused-ring (bicyclic) bond motifs is 2. The Bertz CT molecular complexity index is 866. The third kappa shape index (κ3) is 1.96. The number of hydrogen-bond acceptors (Lipinski definition) is 0. The highest BCUT2D eigenvalue weighted by molar-refractivity contribution is 9.10. The molecule has 0 spiro atoms. The summed E-state index contributed by atoms with van der Waals surface area (Å²) in [6.07, 6.45) is 4.55. The minimum atomic E-state index is 0.360. The zero-order chi connectivity index (χ0) is 14.4. The topological polar surface area (TPSA) is 0 Å². The summed E-state index contributed by atoms with van der Waals surface area (Å²) in [4.78, 5) is 0. The van der Waals surface area contributed by atoms with Crippen LogP contribution in [-0.2, 0) is 0 Å². The highest BCUT2D eigenvalue weighted by atomic mass is 79.9. The molecule has 4 rings (SSSR count). The monoisotopic (exact) mass is 334 g/mol. The molecule has 3 aromatic rings. The van der Waals surface area contributed by atoms with E-state index in [-0.39, 0.29) is 0 Å². The molecule has 0 radical (unpaired) electrons. The summed E-state index contributed by atoms with van der Waals surface area (Å²) in [6.45, 7) is 2.18. The van der Waals surface area contributed by atoms with Gasteiger partial charge in [-0.05, 0) is 46.0 Å². The van der Waals surface area contributed by atoms with Crippen LogP contribution in [0, 0.1) is 6.92 Å². The molecule has 0 aliphatic heterocycles. The molecule has 1 unspecified atom stereocenters. The molecule has 0 nitrogen and oxygen atoms in total. The second-order valence-electron chi connectivity index (χ2n) is 5.60. The minimum Gasteiger partial charge on any atom is -0.0720 e. The smallest absolute Gasteiger partial charge is 0.0284 e. The van der Waals surface area contributed by atoms with Crippen molar-refractivity contribution in [3.05, 3.63) is 87.4 Å². The molecule has 1 atom stereocenters. The van der Waals surface area contributed by atoms with Gasteiger partial charge < -0.3 is 0 Å². The molecule has 1 aliphatic rings. The molecule has 102 valence electrons. The van der Waals surface area contributed by atoms with Crippen molar-refractivity contribution in [3.8, 4) is 0 Å². The lowest BCUT2D eigenvalue weighted by atomic mass is 9.88. The molecule has 0 heterocycles. The van der Waals surface area contributed by atoms with E-state index >= 15 is 0 Å². The summed E-state index contributed by atoms with van der Waals surface area (Å²) < 4.78 is 1.18. The zero-order valence-corrected chi connectivity index (χ0v) is 13.4. The maximum atomic E-state index is 3.70. The lowest BCUT2D eigenvalue weighted by Crippen LogP contribution is -1.97. The largest absolute Gasteiger partial charge is 0.0720 e. The van der Waals surface area contributed by atoms with Crippen LogP contribution in [0.2, 0.25) is 0 Å². The Morgan fingerprint density at radius 1 is 0.857 bits per heavy atom. The van der Waals surface area contributed by atoms with Crippen molar-refractivity contribution in [2.75, 3.05) is 0 Å². The van der Waals surface area contributed by atoms with E-state index in [1.54, 1.807) is 0 Å².